The van der Waals surface area contributed by atoms with Crippen molar-refractivity contribution in [1.82, 2.24) is 4.90 Å². The van der Waals surface area contributed by atoms with Gasteiger partial charge in [0, 0.05) is 18.8 Å². The lowest BCUT2D eigenvalue weighted by atomic mass is 10.2. The predicted octanol–water partition coefficient (Wildman–Crippen LogP) is 2.41. The maximum Gasteiger partial charge on any atom is 0.232 e. The van der Waals surface area contributed by atoms with E-state index in [9.17, 15) is 4.79 Å². The summed E-state index contributed by atoms with van der Waals surface area (Å²) in [6.07, 6.45) is 2.28. The number of nitriles is 1. The van der Waals surface area contributed by atoms with Gasteiger partial charge in [0.05, 0.1) is 17.4 Å². The molecule has 0 atom stereocenters. The average molecular weight is 260 g/mol. The van der Waals surface area contributed by atoms with E-state index in [0.29, 0.717) is 11.3 Å². The van der Waals surface area contributed by atoms with Crippen LogP contribution in [0.4, 0.5) is 0 Å². The van der Waals surface area contributed by atoms with Crippen molar-refractivity contribution in [3.8, 4) is 6.07 Å². The van der Waals surface area contributed by atoms with Gasteiger partial charge in [0.25, 0.3) is 0 Å². The first kappa shape index (κ1) is 13.0. The summed E-state index contributed by atoms with van der Waals surface area (Å²) in [7, 11) is 0. The van der Waals surface area contributed by atoms with Crippen molar-refractivity contribution >= 4 is 17.7 Å². The Kier molecular flexibility index (Phi) is 4.66. The van der Waals surface area contributed by atoms with Gasteiger partial charge in [-0.1, -0.05) is 12.1 Å². The minimum absolute atomic E-state index is 0.244. The third-order valence-electron chi connectivity index (χ3n) is 3.01. The zero-order chi connectivity index (χ0) is 12.8. The number of nitrogens with zero attached hydrogens (tertiary/aromatic N) is 2. The van der Waals surface area contributed by atoms with Crippen LogP contribution in [0.15, 0.2) is 24.3 Å². The Balaban J connectivity index is 1.77. The SMILES string of the molecule is N#Cc1cccc(CSCC(=O)N2CCCC2)c1. The Morgan fingerprint density at radius 1 is 1.39 bits per heavy atom. The summed E-state index contributed by atoms with van der Waals surface area (Å²) in [6.45, 7) is 1.84. The van der Waals surface area contributed by atoms with E-state index in [1.165, 1.54) is 0 Å². The van der Waals surface area contributed by atoms with Gasteiger partial charge in [0.1, 0.15) is 0 Å². The summed E-state index contributed by atoms with van der Waals surface area (Å²) < 4.78 is 0. The molecule has 1 saturated heterocycles. The second kappa shape index (κ2) is 6.46. The molecular formula is C14H16N2OS. The molecule has 1 aromatic carbocycles. The average Bonchev–Trinajstić information content (AvgIpc) is 2.93. The fraction of sp³-hybridized carbons (Fsp3) is 0.429. The fourth-order valence-corrected chi connectivity index (χ4v) is 2.92. The summed E-state index contributed by atoms with van der Waals surface area (Å²) in [6, 6.07) is 9.68. The monoisotopic (exact) mass is 260 g/mol. The highest BCUT2D eigenvalue weighted by Gasteiger charge is 2.17. The van der Waals surface area contributed by atoms with Crippen LogP contribution >= 0.6 is 11.8 Å². The summed E-state index contributed by atoms with van der Waals surface area (Å²) in [4.78, 5) is 13.8. The largest absolute Gasteiger partial charge is 0.342 e. The van der Waals surface area contributed by atoms with Gasteiger partial charge in [0.15, 0.2) is 0 Å². The minimum atomic E-state index is 0.244. The number of amides is 1. The Labute approximate surface area is 112 Å². The molecule has 0 spiro atoms. The fourth-order valence-electron chi connectivity index (χ4n) is 2.04. The van der Waals surface area contributed by atoms with Crippen molar-refractivity contribution in [1.29, 1.82) is 5.26 Å². The number of likely N-dealkylation sites (tertiary alicyclic amines) is 1. The number of carbonyl (C=O) groups is 1. The molecule has 94 valence electrons. The highest BCUT2D eigenvalue weighted by Crippen LogP contribution is 2.16. The summed E-state index contributed by atoms with van der Waals surface area (Å²) >= 11 is 1.62. The Hall–Kier alpha value is -1.47. The molecule has 1 aliphatic rings. The second-order valence-electron chi connectivity index (χ2n) is 4.39. The molecule has 0 aliphatic carbocycles. The van der Waals surface area contributed by atoms with Crippen LogP contribution in [0, 0.1) is 11.3 Å². The van der Waals surface area contributed by atoms with Gasteiger partial charge in [-0.2, -0.15) is 5.26 Å². The van der Waals surface area contributed by atoms with Crippen LogP contribution in [0.25, 0.3) is 0 Å². The zero-order valence-electron chi connectivity index (χ0n) is 10.3. The summed E-state index contributed by atoms with van der Waals surface area (Å²) in [5.41, 5.74) is 1.78. The van der Waals surface area contributed by atoms with Gasteiger partial charge in [-0.05, 0) is 30.5 Å². The maximum absolute atomic E-state index is 11.8. The predicted molar refractivity (Wildman–Crippen MR) is 73.1 cm³/mol. The smallest absolute Gasteiger partial charge is 0.232 e. The molecule has 0 bridgehead atoms. The van der Waals surface area contributed by atoms with Crippen molar-refractivity contribution in [3.05, 3.63) is 35.4 Å². The van der Waals surface area contributed by atoms with Gasteiger partial charge in [-0.15, -0.1) is 11.8 Å². The first-order valence-corrected chi connectivity index (χ1v) is 7.29. The Bertz CT molecular complexity index is 461. The van der Waals surface area contributed by atoms with Crippen molar-refractivity contribution in [3.63, 3.8) is 0 Å². The number of rotatable bonds is 4. The van der Waals surface area contributed by atoms with Crippen LogP contribution < -0.4 is 0 Å². The van der Waals surface area contributed by atoms with E-state index >= 15 is 0 Å². The number of thioether (sulfide) groups is 1. The Morgan fingerprint density at radius 2 is 2.17 bits per heavy atom. The summed E-state index contributed by atoms with van der Waals surface area (Å²) in [5.74, 6) is 1.57. The first-order valence-electron chi connectivity index (χ1n) is 6.14. The van der Waals surface area contributed by atoms with Crippen molar-refractivity contribution in [2.24, 2.45) is 0 Å². The molecule has 0 saturated carbocycles. The molecule has 0 aromatic heterocycles. The van der Waals surface area contributed by atoms with E-state index in [1.807, 2.05) is 23.1 Å². The minimum Gasteiger partial charge on any atom is -0.342 e. The molecule has 0 N–H and O–H groups in total. The molecule has 1 amide bonds. The van der Waals surface area contributed by atoms with E-state index in [4.69, 9.17) is 5.26 Å². The number of benzene rings is 1. The molecule has 18 heavy (non-hydrogen) atoms. The lowest BCUT2D eigenvalue weighted by molar-refractivity contribution is -0.127. The highest BCUT2D eigenvalue weighted by molar-refractivity contribution is 7.99. The number of carbonyl (C=O) groups excluding carboxylic acids is 1. The molecule has 1 heterocycles. The molecule has 0 radical (unpaired) electrons. The lowest BCUT2D eigenvalue weighted by Crippen LogP contribution is -2.29. The van der Waals surface area contributed by atoms with Crippen molar-refractivity contribution < 1.29 is 4.79 Å². The van der Waals surface area contributed by atoms with Crippen LogP contribution in [0.5, 0.6) is 0 Å². The molecule has 1 aliphatic heterocycles. The number of hydrogen-bond donors (Lipinski definition) is 0. The first-order chi connectivity index (χ1) is 8.79. The maximum atomic E-state index is 11.8. The van der Waals surface area contributed by atoms with Crippen molar-refractivity contribution in [2.75, 3.05) is 18.8 Å². The zero-order valence-corrected chi connectivity index (χ0v) is 11.1. The molecule has 0 unspecified atom stereocenters. The molecule has 3 nitrogen and oxygen atoms in total. The lowest BCUT2D eigenvalue weighted by Gasteiger charge is -2.14. The Morgan fingerprint density at radius 3 is 2.89 bits per heavy atom. The van der Waals surface area contributed by atoms with Crippen LogP contribution in [-0.2, 0) is 10.5 Å². The van der Waals surface area contributed by atoms with Gasteiger partial charge >= 0.3 is 0 Å². The molecule has 2 rings (SSSR count). The molecular weight excluding hydrogens is 244 g/mol. The number of hydrogen-bond acceptors (Lipinski definition) is 3. The van der Waals surface area contributed by atoms with E-state index in [2.05, 4.69) is 6.07 Å². The van der Waals surface area contributed by atoms with E-state index in [-0.39, 0.29) is 5.91 Å². The second-order valence-corrected chi connectivity index (χ2v) is 5.38. The van der Waals surface area contributed by atoms with Crippen LogP contribution in [0.1, 0.15) is 24.0 Å². The van der Waals surface area contributed by atoms with E-state index in [0.717, 1.165) is 37.2 Å². The molecule has 1 aromatic rings. The molecule has 4 heteroatoms. The topological polar surface area (TPSA) is 44.1 Å². The quantitative estimate of drug-likeness (QED) is 0.835. The van der Waals surface area contributed by atoms with Gasteiger partial charge in [-0.25, -0.2) is 0 Å². The van der Waals surface area contributed by atoms with Gasteiger partial charge in [-0.3, -0.25) is 4.79 Å². The van der Waals surface area contributed by atoms with E-state index in [1.54, 1.807) is 17.8 Å². The van der Waals surface area contributed by atoms with Crippen LogP contribution in [-0.4, -0.2) is 29.6 Å². The third kappa shape index (κ3) is 3.51. The van der Waals surface area contributed by atoms with Crippen molar-refractivity contribution in [2.45, 2.75) is 18.6 Å². The standard InChI is InChI=1S/C14H16N2OS/c15-9-12-4-3-5-13(8-12)10-18-11-14(17)16-6-1-2-7-16/h3-5,8H,1-2,6-7,10-11H2. The van der Waals surface area contributed by atoms with Gasteiger partial charge in [0.2, 0.25) is 5.91 Å². The summed E-state index contributed by atoms with van der Waals surface area (Å²) in [5, 5.41) is 8.80. The third-order valence-corrected chi connectivity index (χ3v) is 4.00. The highest BCUT2D eigenvalue weighted by atomic mass is 32.2. The van der Waals surface area contributed by atoms with E-state index < -0.39 is 0 Å². The van der Waals surface area contributed by atoms with Crippen LogP contribution in [0.2, 0.25) is 0 Å². The molecule has 1 fully saturated rings. The van der Waals surface area contributed by atoms with Gasteiger partial charge < -0.3 is 4.90 Å². The van der Waals surface area contributed by atoms with Crippen LogP contribution in [0.3, 0.4) is 0 Å². The normalized spacial score (nSPS) is 14.5.